The van der Waals surface area contributed by atoms with Gasteiger partial charge in [-0.1, -0.05) is 43.3 Å². The molecule has 1 fully saturated rings. The topological polar surface area (TPSA) is 77.7 Å². The van der Waals surface area contributed by atoms with Crippen molar-refractivity contribution in [2.75, 3.05) is 6.79 Å². The summed E-state index contributed by atoms with van der Waals surface area (Å²) in [6.07, 6.45) is 1.15. The number of nitrogens with zero attached hydrogens (tertiary/aromatic N) is 3. The Morgan fingerprint density at radius 2 is 1.90 bits per heavy atom. The van der Waals surface area contributed by atoms with E-state index in [9.17, 15) is 4.79 Å². The number of benzene rings is 2. The second-order valence-corrected chi connectivity index (χ2v) is 8.00. The monoisotopic (exact) mass is 405 g/mol. The van der Waals surface area contributed by atoms with Crippen LogP contribution in [0.15, 0.2) is 47.0 Å². The quantitative estimate of drug-likeness (QED) is 0.624. The van der Waals surface area contributed by atoms with Crippen LogP contribution in [0.1, 0.15) is 55.7 Å². The van der Waals surface area contributed by atoms with Crippen LogP contribution < -0.4 is 9.47 Å². The van der Waals surface area contributed by atoms with Gasteiger partial charge in [-0.2, -0.15) is 4.98 Å². The van der Waals surface area contributed by atoms with E-state index in [-0.39, 0.29) is 18.7 Å². The number of carbonyl (C=O) groups is 1. The van der Waals surface area contributed by atoms with E-state index >= 15 is 0 Å². The van der Waals surface area contributed by atoms with Crippen LogP contribution in [-0.4, -0.2) is 27.7 Å². The molecule has 0 N–H and O–H groups in total. The van der Waals surface area contributed by atoms with Gasteiger partial charge in [-0.3, -0.25) is 4.79 Å². The molecule has 1 saturated heterocycles. The third-order valence-corrected chi connectivity index (χ3v) is 5.69. The van der Waals surface area contributed by atoms with Crippen molar-refractivity contribution in [3.8, 4) is 22.9 Å². The van der Waals surface area contributed by atoms with E-state index in [0.717, 1.165) is 11.1 Å². The summed E-state index contributed by atoms with van der Waals surface area (Å²) in [5.41, 5.74) is 3.16. The minimum absolute atomic E-state index is 0.107. The highest BCUT2D eigenvalue weighted by Crippen LogP contribution is 2.37. The van der Waals surface area contributed by atoms with Crippen LogP contribution in [0.2, 0.25) is 0 Å². The minimum atomic E-state index is -0.211. The largest absolute Gasteiger partial charge is 0.454 e. The van der Waals surface area contributed by atoms with Crippen molar-refractivity contribution in [3.63, 3.8) is 0 Å². The fourth-order valence-electron chi connectivity index (χ4n) is 3.92. The molecule has 0 saturated carbocycles. The SMILES string of the molecule is CC(C)c1ccc(CN2C(=O)CCC2c2nc(-c3ccc4c(c3)OCO4)no2)cc1. The molecule has 1 aromatic heterocycles. The van der Waals surface area contributed by atoms with E-state index in [1.807, 2.05) is 23.1 Å². The van der Waals surface area contributed by atoms with Gasteiger partial charge in [-0.15, -0.1) is 0 Å². The van der Waals surface area contributed by atoms with Crippen molar-refractivity contribution in [1.29, 1.82) is 0 Å². The van der Waals surface area contributed by atoms with Gasteiger partial charge in [0.05, 0.1) is 0 Å². The normalized spacial score (nSPS) is 17.9. The van der Waals surface area contributed by atoms with E-state index in [1.54, 1.807) is 0 Å². The lowest BCUT2D eigenvalue weighted by atomic mass is 10.0. The Labute approximate surface area is 174 Å². The Bertz CT molecular complexity index is 1070. The molecule has 7 nitrogen and oxygen atoms in total. The maximum atomic E-state index is 12.5. The number of hydrogen-bond donors (Lipinski definition) is 0. The molecule has 0 aliphatic carbocycles. The molecule has 7 heteroatoms. The molecule has 1 unspecified atom stereocenters. The van der Waals surface area contributed by atoms with Gasteiger partial charge in [0.2, 0.25) is 24.4 Å². The molecule has 1 amide bonds. The summed E-state index contributed by atoms with van der Waals surface area (Å²) in [7, 11) is 0. The molecule has 0 spiro atoms. The third-order valence-electron chi connectivity index (χ3n) is 5.69. The number of carbonyl (C=O) groups excluding carboxylic acids is 1. The molecule has 0 bridgehead atoms. The highest BCUT2D eigenvalue weighted by atomic mass is 16.7. The number of rotatable bonds is 5. The van der Waals surface area contributed by atoms with Gasteiger partial charge >= 0.3 is 0 Å². The third kappa shape index (κ3) is 3.40. The van der Waals surface area contributed by atoms with Crippen molar-refractivity contribution in [1.82, 2.24) is 15.0 Å². The molecule has 3 heterocycles. The first-order chi connectivity index (χ1) is 14.6. The number of amides is 1. The maximum Gasteiger partial charge on any atom is 0.249 e. The summed E-state index contributed by atoms with van der Waals surface area (Å²) in [6, 6.07) is 13.8. The van der Waals surface area contributed by atoms with Crippen LogP contribution in [0, 0.1) is 0 Å². The van der Waals surface area contributed by atoms with Crippen LogP contribution in [0.3, 0.4) is 0 Å². The second-order valence-electron chi connectivity index (χ2n) is 8.00. The highest BCUT2D eigenvalue weighted by molar-refractivity contribution is 5.79. The standard InChI is InChI=1S/C23H23N3O4/c1-14(2)16-5-3-15(4-6-16)12-26-18(8-10-21(26)27)23-24-22(25-30-23)17-7-9-19-20(11-17)29-13-28-19/h3-7,9,11,14,18H,8,10,12-13H2,1-2H3. The van der Waals surface area contributed by atoms with Gasteiger partial charge in [0.15, 0.2) is 11.5 Å². The van der Waals surface area contributed by atoms with Crippen LogP contribution in [0.25, 0.3) is 11.4 Å². The van der Waals surface area contributed by atoms with Crippen molar-refractivity contribution >= 4 is 5.91 Å². The fraction of sp³-hybridized carbons (Fsp3) is 0.348. The molecule has 0 radical (unpaired) electrons. The summed E-state index contributed by atoms with van der Waals surface area (Å²) in [4.78, 5) is 19.0. The van der Waals surface area contributed by atoms with E-state index in [4.69, 9.17) is 14.0 Å². The van der Waals surface area contributed by atoms with Gasteiger partial charge in [0.1, 0.15) is 6.04 Å². The number of hydrogen-bond acceptors (Lipinski definition) is 6. The smallest absolute Gasteiger partial charge is 0.249 e. The van der Waals surface area contributed by atoms with E-state index in [1.165, 1.54) is 5.56 Å². The molecule has 2 aromatic carbocycles. The van der Waals surface area contributed by atoms with Gasteiger partial charge in [-0.05, 0) is 41.7 Å². The number of ether oxygens (including phenoxy) is 2. The summed E-state index contributed by atoms with van der Waals surface area (Å²) < 4.78 is 16.3. The van der Waals surface area contributed by atoms with Crippen LogP contribution in [0.5, 0.6) is 11.5 Å². The summed E-state index contributed by atoms with van der Waals surface area (Å²) >= 11 is 0. The number of likely N-dealkylation sites (tertiary alicyclic amines) is 1. The zero-order chi connectivity index (χ0) is 20.7. The predicted molar refractivity (Wildman–Crippen MR) is 109 cm³/mol. The Balaban J connectivity index is 1.36. The molecule has 2 aliphatic heterocycles. The van der Waals surface area contributed by atoms with Gasteiger partial charge < -0.3 is 18.9 Å². The lowest BCUT2D eigenvalue weighted by Gasteiger charge is -2.22. The molecule has 2 aliphatic rings. The Morgan fingerprint density at radius 1 is 1.10 bits per heavy atom. The van der Waals surface area contributed by atoms with E-state index < -0.39 is 0 Å². The number of aromatic nitrogens is 2. The number of fused-ring (bicyclic) bond motifs is 1. The van der Waals surface area contributed by atoms with E-state index in [2.05, 4.69) is 48.3 Å². The highest BCUT2D eigenvalue weighted by Gasteiger charge is 2.36. The van der Waals surface area contributed by atoms with Crippen LogP contribution in [0.4, 0.5) is 0 Å². The van der Waals surface area contributed by atoms with Crippen molar-refractivity contribution in [2.24, 2.45) is 0 Å². The molecule has 30 heavy (non-hydrogen) atoms. The van der Waals surface area contributed by atoms with Crippen LogP contribution >= 0.6 is 0 Å². The predicted octanol–water partition coefficient (Wildman–Crippen LogP) is 4.45. The second kappa shape index (κ2) is 7.48. The molecule has 154 valence electrons. The summed E-state index contributed by atoms with van der Waals surface area (Å²) in [5, 5.41) is 4.13. The van der Waals surface area contributed by atoms with Gasteiger partial charge in [0.25, 0.3) is 0 Å². The maximum absolute atomic E-state index is 12.5. The Hall–Kier alpha value is -3.35. The molecular formula is C23H23N3O4. The zero-order valence-corrected chi connectivity index (χ0v) is 17.0. The molecule has 5 rings (SSSR count). The van der Waals surface area contributed by atoms with Crippen molar-refractivity contribution < 1.29 is 18.8 Å². The van der Waals surface area contributed by atoms with Gasteiger partial charge in [0, 0.05) is 18.5 Å². The first-order valence-electron chi connectivity index (χ1n) is 10.2. The molecule has 1 atom stereocenters. The Kier molecular flexibility index (Phi) is 4.65. The lowest BCUT2D eigenvalue weighted by molar-refractivity contribution is -0.129. The van der Waals surface area contributed by atoms with Crippen molar-refractivity contribution in [3.05, 3.63) is 59.5 Å². The van der Waals surface area contributed by atoms with E-state index in [0.29, 0.717) is 48.5 Å². The van der Waals surface area contributed by atoms with Crippen molar-refractivity contribution in [2.45, 2.75) is 45.2 Å². The molecular weight excluding hydrogens is 382 g/mol. The zero-order valence-electron chi connectivity index (χ0n) is 17.0. The lowest BCUT2D eigenvalue weighted by Crippen LogP contribution is -2.27. The minimum Gasteiger partial charge on any atom is -0.454 e. The first-order valence-corrected chi connectivity index (χ1v) is 10.2. The average molecular weight is 405 g/mol. The first kappa shape index (κ1) is 18.7. The molecule has 3 aromatic rings. The average Bonchev–Trinajstić information content (AvgIpc) is 3.48. The Morgan fingerprint density at radius 3 is 2.70 bits per heavy atom. The summed E-state index contributed by atoms with van der Waals surface area (Å²) in [5.74, 6) is 2.90. The summed E-state index contributed by atoms with van der Waals surface area (Å²) in [6.45, 7) is 5.09. The van der Waals surface area contributed by atoms with Gasteiger partial charge in [-0.25, -0.2) is 0 Å². The van der Waals surface area contributed by atoms with Crippen LogP contribution in [-0.2, 0) is 11.3 Å². The fourth-order valence-corrected chi connectivity index (χ4v) is 3.92.